The quantitative estimate of drug-likeness (QED) is 0.818. The van der Waals surface area contributed by atoms with Gasteiger partial charge in [-0.2, -0.15) is 0 Å². The molecule has 0 radical (unpaired) electrons. The zero-order valence-corrected chi connectivity index (χ0v) is 12.4. The van der Waals surface area contributed by atoms with Crippen molar-refractivity contribution in [1.82, 2.24) is 5.32 Å². The highest BCUT2D eigenvalue weighted by atomic mass is 16.5. The van der Waals surface area contributed by atoms with E-state index in [4.69, 9.17) is 9.47 Å². The molecule has 1 aliphatic rings. The zero-order valence-electron chi connectivity index (χ0n) is 12.4. The SMILES string of the molecule is CCOC(C)(C)C(NC)c1ccc(OC2CC2)cc1. The van der Waals surface area contributed by atoms with Gasteiger partial charge in [-0.05, 0) is 58.4 Å². The molecule has 0 amide bonds. The van der Waals surface area contributed by atoms with Crippen LogP contribution in [0.2, 0.25) is 0 Å². The van der Waals surface area contributed by atoms with Crippen LogP contribution in [0.5, 0.6) is 5.75 Å². The molecular weight excluding hydrogens is 238 g/mol. The molecule has 0 spiro atoms. The van der Waals surface area contributed by atoms with Crippen molar-refractivity contribution in [3.05, 3.63) is 29.8 Å². The Kier molecular flexibility index (Phi) is 4.48. The Hall–Kier alpha value is -1.06. The molecule has 1 unspecified atom stereocenters. The first-order chi connectivity index (χ1) is 9.06. The summed E-state index contributed by atoms with van der Waals surface area (Å²) in [7, 11) is 1.97. The number of hydrogen-bond donors (Lipinski definition) is 1. The van der Waals surface area contributed by atoms with Crippen molar-refractivity contribution in [3.8, 4) is 5.75 Å². The maximum absolute atomic E-state index is 5.85. The van der Waals surface area contributed by atoms with Gasteiger partial charge in [-0.1, -0.05) is 12.1 Å². The Morgan fingerprint density at radius 1 is 1.26 bits per heavy atom. The van der Waals surface area contributed by atoms with Crippen LogP contribution in [-0.4, -0.2) is 25.4 Å². The second-order valence-electron chi connectivity index (χ2n) is 5.64. The molecule has 0 aromatic heterocycles. The summed E-state index contributed by atoms with van der Waals surface area (Å²) in [5, 5.41) is 3.35. The first kappa shape index (κ1) is 14.4. The lowest BCUT2D eigenvalue weighted by molar-refractivity contribution is -0.0374. The number of hydrogen-bond acceptors (Lipinski definition) is 3. The second-order valence-corrected chi connectivity index (χ2v) is 5.64. The summed E-state index contributed by atoms with van der Waals surface area (Å²) in [6.45, 7) is 6.98. The molecule has 1 aromatic rings. The van der Waals surface area contributed by atoms with Crippen molar-refractivity contribution in [1.29, 1.82) is 0 Å². The van der Waals surface area contributed by atoms with Crippen LogP contribution in [-0.2, 0) is 4.74 Å². The summed E-state index contributed by atoms with van der Waals surface area (Å²) in [6.07, 6.45) is 2.84. The first-order valence-corrected chi connectivity index (χ1v) is 7.14. The van der Waals surface area contributed by atoms with Crippen LogP contribution in [0.3, 0.4) is 0 Å². The van der Waals surface area contributed by atoms with E-state index >= 15 is 0 Å². The molecule has 106 valence electrons. The molecule has 1 aliphatic carbocycles. The third-order valence-corrected chi connectivity index (χ3v) is 3.54. The van der Waals surface area contributed by atoms with E-state index in [1.54, 1.807) is 0 Å². The van der Waals surface area contributed by atoms with Gasteiger partial charge in [0.15, 0.2) is 0 Å². The Bertz CT molecular complexity index is 396. The van der Waals surface area contributed by atoms with Crippen molar-refractivity contribution >= 4 is 0 Å². The monoisotopic (exact) mass is 263 g/mol. The summed E-state index contributed by atoms with van der Waals surface area (Å²) in [4.78, 5) is 0. The zero-order chi connectivity index (χ0) is 13.9. The highest BCUT2D eigenvalue weighted by Gasteiger charge is 2.30. The molecule has 0 heterocycles. The summed E-state index contributed by atoms with van der Waals surface area (Å²) in [5.74, 6) is 0.968. The summed E-state index contributed by atoms with van der Waals surface area (Å²) >= 11 is 0. The normalized spacial score (nSPS) is 17.3. The van der Waals surface area contributed by atoms with Gasteiger partial charge in [0.05, 0.1) is 17.7 Å². The fraction of sp³-hybridized carbons (Fsp3) is 0.625. The van der Waals surface area contributed by atoms with Gasteiger partial charge in [-0.15, -0.1) is 0 Å². The van der Waals surface area contributed by atoms with Crippen molar-refractivity contribution in [2.45, 2.75) is 51.4 Å². The van der Waals surface area contributed by atoms with Crippen molar-refractivity contribution in [2.24, 2.45) is 0 Å². The van der Waals surface area contributed by atoms with E-state index < -0.39 is 0 Å². The number of nitrogens with one attached hydrogen (secondary N) is 1. The third-order valence-electron chi connectivity index (χ3n) is 3.54. The van der Waals surface area contributed by atoms with Gasteiger partial charge in [-0.3, -0.25) is 0 Å². The maximum Gasteiger partial charge on any atom is 0.119 e. The average Bonchev–Trinajstić information content (AvgIpc) is 3.16. The highest BCUT2D eigenvalue weighted by Crippen LogP contribution is 2.31. The van der Waals surface area contributed by atoms with Crippen LogP contribution in [0.4, 0.5) is 0 Å². The number of ether oxygens (including phenoxy) is 2. The van der Waals surface area contributed by atoms with Gasteiger partial charge < -0.3 is 14.8 Å². The van der Waals surface area contributed by atoms with Gasteiger partial charge in [0.2, 0.25) is 0 Å². The predicted molar refractivity (Wildman–Crippen MR) is 77.6 cm³/mol. The van der Waals surface area contributed by atoms with Crippen LogP contribution >= 0.6 is 0 Å². The summed E-state index contributed by atoms with van der Waals surface area (Å²) in [5.41, 5.74) is 0.992. The first-order valence-electron chi connectivity index (χ1n) is 7.14. The summed E-state index contributed by atoms with van der Waals surface area (Å²) < 4.78 is 11.6. The fourth-order valence-electron chi connectivity index (χ4n) is 2.49. The molecule has 1 saturated carbocycles. The molecule has 1 aromatic carbocycles. The molecular formula is C16H25NO2. The largest absolute Gasteiger partial charge is 0.490 e. The lowest BCUT2D eigenvalue weighted by atomic mass is 9.91. The second kappa shape index (κ2) is 5.93. The maximum atomic E-state index is 5.85. The Balaban J connectivity index is 2.09. The van der Waals surface area contributed by atoms with Crippen molar-refractivity contribution in [3.63, 3.8) is 0 Å². The standard InChI is InChI=1S/C16H25NO2/c1-5-18-16(2,3)15(17-4)12-6-8-13(9-7-12)19-14-10-11-14/h6-9,14-15,17H,5,10-11H2,1-4H3. The smallest absolute Gasteiger partial charge is 0.119 e. The van der Waals surface area contributed by atoms with Crippen molar-refractivity contribution in [2.75, 3.05) is 13.7 Å². The minimum absolute atomic E-state index is 0.169. The van der Waals surface area contributed by atoms with Crippen LogP contribution in [0.1, 0.15) is 45.2 Å². The van der Waals surface area contributed by atoms with E-state index in [1.165, 1.54) is 18.4 Å². The predicted octanol–water partition coefficient (Wildman–Crippen LogP) is 3.30. The third kappa shape index (κ3) is 3.71. The van der Waals surface area contributed by atoms with E-state index in [9.17, 15) is 0 Å². The van der Waals surface area contributed by atoms with Crippen LogP contribution in [0, 0.1) is 0 Å². The molecule has 2 rings (SSSR count). The van der Waals surface area contributed by atoms with Crippen LogP contribution in [0.25, 0.3) is 0 Å². The van der Waals surface area contributed by atoms with E-state index in [1.807, 2.05) is 14.0 Å². The van der Waals surface area contributed by atoms with Gasteiger partial charge in [0.1, 0.15) is 5.75 Å². The van der Waals surface area contributed by atoms with Crippen LogP contribution in [0.15, 0.2) is 24.3 Å². The van der Waals surface area contributed by atoms with E-state index in [2.05, 4.69) is 43.4 Å². The molecule has 1 atom stereocenters. The Morgan fingerprint density at radius 2 is 1.89 bits per heavy atom. The van der Waals surface area contributed by atoms with Gasteiger partial charge in [-0.25, -0.2) is 0 Å². The van der Waals surface area contributed by atoms with Crippen molar-refractivity contribution < 1.29 is 9.47 Å². The Morgan fingerprint density at radius 3 is 2.37 bits per heavy atom. The molecule has 1 N–H and O–H groups in total. The van der Waals surface area contributed by atoms with E-state index in [-0.39, 0.29) is 11.6 Å². The lowest BCUT2D eigenvalue weighted by Gasteiger charge is -2.34. The molecule has 0 aliphatic heterocycles. The average molecular weight is 263 g/mol. The van der Waals surface area contributed by atoms with E-state index in [0.717, 1.165) is 5.75 Å². The van der Waals surface area contributed by atoms with Gasteiger partial charge in [0.25, 0.3) is 0 Å². The lowest BCUT2D eigenvalue weighted by Crippen LogP contribution is -2.40. The molecule has 1 fully saturated rings. The molecule has 0 bridgehead atoms. The fourth-order valence-corrected chi connectivity index (χ4v) is 2.49. The Labute approximate surface area is 116 Å². The number of benzene rings is 1. The minimum atomic E-state index is -0.234. The topological polar surface area (TPSA) is 30.5 Å². The molecule has 3 heteroatoms. The van der Waals surface area contributed by atoms with Gasteiger partial charge in [0, 0.05) is 6.61 Å². The van der Waals surface area contributed by atoms with Crippen LogP contribution < -0.4 is 10.1 Å². The number of likely N-dealkylation sites (N-methyl/N-ethyl adjacent to an activating group) is 1. The minimum Gasteiger partial charge on any atom is -0.490 e. The molecule has 19 heavy (non-hydrogen) atoms. The molecule has 3 nitrogen and oxygen atoms in total. The van der Waals surface area contributed by atoms with E-state index in [0.29, 0.717) is 12.7 Å². The summed E-state index contributed by atoms with van der Waals surface area (Å²) in [6, 6.07) is 8.53. The van der Waals surface area contributed by atoms with Gasteiger partial charge >= 0.3 is 0 Å². The molecule has 0 saturated heterocycles. The number of rotatable bonds is 7. The highest BCUT2D eigenvalue weighted by molar-refractivity contribution is 5.31.